The van der Waals surface area contributed by atoms with Gasteiger partial charge in [-0.1, -0.05) is 19.3 Å². The van der Waals surface area contributed by atoms with Crippen molar-refractivity contribution in [2.75, 3.05) is 19.6 Å². The SMILES string of the molecule is O=C(C[NH+]1CCC(C(=O)C2CCCCC2)CC1)C1CCCC([NH+]([O-])O)C1. The molecule has 0 bridgehead atoms. The Kier molecular flexibility index (Phi) is 7.20. The molecule has 0 spiro atoms. The molecule has 0 aromatic carbocycles. The largest absolute Gasteiger partial charge is 0.600 e. The molecule has 1 heterocycles. The first kappa shape index (κ1) is 19.9. The van der Waals surface area contributed by atoms with Crippen molar-refractivity contribution in [1.82, 2.24) is 0 Å². The van der Waals surface area contributed by atoms with E-state index in [9.17, 15) is 20.0 Å². The zero-order chi connectivity index (χ0) is 18.5. The number of hydroxylamine groups is 2. The maximum atomic E-state index is 12.7. The summed E-state index contributed by atoms with van der Waals surface area (Å²) in [5.41, 5.74) is 0. The van der Waals surface area contributed by atoms with Crippen LogP contribution in [0.25, 0.3) is 0 Å². The lowest BCUT2D eigenvalue weighted by Gasteiger charge is -2.33. The summed E-state index contributed by atoms with van der Waals surface area (Å²) in [5, 5.41) is 19.6. The standard InChI is InChI=1S/C20H34N2O4/c23-19(17-7-4-8-18(13-17)22(25)26)14-21-11-9-16(10-12-21)20(24)15-5-2-1-3-6-15/h15-18,22,25H,1-14H2/p+1. The third-order valence-electron chi connectivity index (χ3n) is 7.01. The Balaban J connectivity index is 1.42. The van der Waals surface area contributed by atoms with Crippen LogP contribution in [0, 0.1) is 23.0 Å². The van der Waals surface area contributed by atoms with Crippen LogP contribution >= 0.6 is 0 Å². The second-order valence-electron chi connectivity index (χ2n) is 8.80. The van der Waals surface area contributed by atoms with E-state index in [1.165, 1.54) is 24.2 Å². The van der Waals surface area contributed by atoms with Crippen LogP contribution in [0.15, 0.2) is 0 Å². The first-order valence-electron chi connectivity index (χ1n) is 10.7. The molecule has 3 atom stereocenters. The molecule has 0 aromatic heterocycles. The van der Waals surface area contributed by atoms with Gasteiger partial charge in [0.05, 0.1) is 13.1 Å². The van der Waals surface area contributed by atoms with Gasteiger partial charge in [-0.15, -0.1) is 0 Å². The minimum Gasteiger partial charge on any atom is -0.600 e. The third kappa shape index (κ3) is 5.12. The van der Waals surface area contributed by atoms with Crippen LogP contribution in [0.1, 0.15) is 70.6 Å². The summed E-state index contributed by atoms with van der Waals surface area (Å²) < 4.78 is 0. The second-order valence-corrected chi connectivity index (χ2v) is 8.80. The normalized spacial score (nSPS) is 35.0. The van der Waals surface area contributed by atoms with Gasteiger partial charge < -0.3 is 10.1 Å². The highest BCUT2D eigenvalue weighted by atomic mass is 16.8. The minimum absolute atomic E-state index is 0.0704. The van der Waals surface area contributed by atoms with Gasteiger partial charge in [0.15, 0.2) is 5.78 Å². The second kappa shape index (κ2) is 9.40. The maximum absolute atomic E-state index is 12.7. The van der Waals surface area contributed by atoms with Crippen LogP contribution in [0.5, 0.6) is 0 Å². The number of rotatable bonds is 6. The van der Waals surface area contributed by atoms with E-state index in [0.29, 0.717) is 31.1 Å². The van der Waals surface area contributed by atoms with Crippen molar-refractivity contribution in [3.8, 4) is 0 Å². The average molecular weight is 368 g/mol. The third-order valence-corrected chi connectivity index (χ3v) is 7.01. The highest BCUT2D eigenvalue weighted by Crippen LogP contribution is 2.29. The van der Waals surface area contributed by atoms with E-state index in [0.717, 1.165) is 51.6 Å². The van der Waals surface area contributed by atoms with E-state index in [-0.39, 0.29) is 23.7 Å². The summed E-state index contributed by atoms with van der Waals surface area (Å²) in [6, 6.07) is -0.341. The summed E-state index contributed by atoms with van der Waals surface area (Å²) >= 11 is 0. The number of hydrogen-bond acceptors (Lipinski definition) is 4. The molecule has 2 aliphatic carbocycles. The molecule has 6 nitrogen and oxygen atoms in total. The van der Waals surface area contributed by atoms with E-state index in [1.807, 2.05) is 0 Å². The van der Waals surface area contributed by atoms with E-state index in [4.69, 9.17) is 0 Å². The number of hydrogen-bond donors (Lipinski definition) is 3. The van der Waals surface area contributed by atoms with Gasteiger partial charge in [0, 0.05) is 43.4 Å². The van der Waals surface area contributed by atoms with E-state index in [2.05, 4.69) is 0 Å². The fraction of sp³-hybridized carbons (Fsp3) is 0.900. The number of Topliss-reactive ketones (excluding diaryl/α,β-unsaturated/α-hetero) is 2. The molecule has 3 unspecified atom stereocenters. The molecule has 148 valence electrons. The number of quaternary nitrogens is 2. The fourth-order valence-electron chi connectivity index (χ4n) is 5.31. The zero-order valence-electron chi connectivity index (χ0n) is 15.9. The van der Waals surface area contributed by atoms with Gasteiger partial charge in [0.2, 0.25) is 0 Å². The van der Waals surface area contributed by atoms with Crippen molar-refractivity contribution in [2.45, 2.75) is 76.7 Å². The Bertz CT molecular complexity index is 482. The van der Waals surface area contributed by atoms with Gasteiger partial charge in [-0.25, -0.2) is 10.4 Å². The first-order chi connectivity index (χ1) is 12.5. The zero-order valence-corrected chi connectivity index (χ0v) is 15.9. The number of nitrogens with one attached hydrogen (secondary N) is 2. The maximum Gasteiger partial charge on any atom is 0.190 e. The Morgan fingerprint density at radius 2 is 1.50 bits per heavy atom. The molecule has 1 aliphatic heterocycles. The van der Waals surface area contributed by atoms with E-state index >= 15 is 0 Å². The number of piperidine rings is 1. The van der Waals surface area contributed by atoms with Crippen LogP contribution in [0.3, 0.4) is 0 Å². The molecule has 3 aliphatic rings. The average Bonchev–Trinajstić information content (AvgIpc) is 2.68. The monoisotopic (exact) mass is 367 g/mol. The molecule has 0 radical (unpaired) electrons. The summed E-state index contributed by atoms with van der Waals surface area (Å²) in [7, 11) is 0. The lowest BCUT2D eigenvalue weighted by atomic mass is 9.78. The van der Waals surface area contributed by atoms with Gasteiger partial charge in [-0.2, -0.15) is 0 Å². The Morgan fingerprint density at radius 1 is 0.885 bits per heavy atom. The molecule has 6 heteroatoms. The van der Waals surface area contributed by atoms with Gasteiger partial charge in [0.1, 0.15) is 18.4 Å². The summed E-state index contributed by atoms with van der Waals surface area (Å²) in [4.78, 5) is 26.6. The van der Waals surface area contributed by atoms with Crippen LogP contribution in [0.4, 0.5) is 0 Å². The van der Waals surface area contributed by atoms with Crippen LogP contribution in [-0.2, 0) is 9.59 Å². The lowest BCUT2D eigenvalue weighted by molar-refractivity contribution is -1.07. The molecule has 3 N–H and O–H groups in total. The van der Waals surface area contributed by atoms with Gasteiger partial charge >= 0.3 is 0 Å². The smallest absolute Gasteiger partial charge is 0.190 e. The molecule has 2 saturated carbocycles. The van der Waals surface area contributed by atoms with Gasteiger partial charge in [-0.3, -0.25) is 9.59 Å². The van der Waals surface area contributed by atoms with E-state index in [1.54, 1.807) is 0 Å². The number of ketones is 2. The number of likely N-dealkylation sites (tertiary alicyclic amines) is 1. The molecule has 0 aromatic rings. The topological polar surface area (TPSA) is 86.3 Å². The lowest BCUT2D eigenvalue weighted by Crippen LogP contribution is -3.14. The Labute approximate surface area is 156 Å². The summed E-state index contributed by atoms with van der Waals surface area (Å²) in [6.45, 7) is 2.33. The van der Waals surface area contributed by atoms with Crippen molar-refractivity contribution in [1.29, 1.82) is 0 Å². The predicted molar refractivity (Wildman–Crippen MR) is 96.7 cm³/mol. The van der Waals surface area contributed by atoms with Crippen LogP contribution < -0.4 is 10.1 Å². The van der Waals surface area contributed by atoms with Crippen molar-refractivity contribution in [3.05, 3.63) is 5.21 Å². The molecule has 0 amide bonds. The van der Waals surface area contributed by atoms with Crippen molar-refractivity contribution < 1.29 is 24.9 Å². The molecule has 26 heavy (non-hydrogen) atoms. The molecule has 1 saturated heterocycles. The summed E-state index contributed by atoms with van der Waals surface area (Å²) in [6.07, 6.45) is 10.6. The first-order valence-corrected chi connectivity index (χ1v) is 10.7. The Hall–Kier alpha value is -0.820. The molecular formula is C20H35N2O4+. The fourth-order valence-corrected chi connectivity index (χ4v) is 5.31. The van der Waals surface area contributed by atoms with E-state index < -0.39 is 5.23 Å². The predicted octanol–water partition coefficient (Wildman–Crippen LogP) is 0.331. The van der Waals surface area contributed by atoms with Crippen LogP contribution in [0.2, 0.25) is 0 Å². The Morgan fingerprint density at radius 3 is 2.15 bits per heavy atom. The number of carbonyl (C=O) groups excluding carboxylic acids is 2. The molecule has 3 rings (SSSR count). The highest BCUT2D eigenvalue weighted by Gasteiger charge is 2.35. The number of carbonyl (C=O) groups is 2. The van der Waals surface area contributed by atoms with Gasteiger partial charge in [0.25, 0.3) is 0 Å². The highest BCUT2D eigenvalue weighted by molar-refractivity contribution is 5.83. The summed E-state index contributed by atoms with van der Waals surface area (Å²) in [5.74, 6) is 1.17. The van der Waals surface area contributed by atoms with Gasteiger partial charge in [-0.05, 0) is 25.7 Å². The molecule has 3 fully saturated rings. The van der Waals surface area contributed by atoms with Crippen molar-refractivity contribution in [3.63, 3.8) is 0 Å². The van der Waals surface area contributed by atoms with Crippen molar-refractivity contribution in [2.24, 2.45) is 17.8 Å². The minimum atomic E-state index is -0.753. The van der Waals surface area contributed by atoms with Crippen molar-refractivity contribution >= 4 is 11.6 Å². The van der Waals surface area contributed by atoms with Crippen LogP contribution in [-0.4, -0.2) is 42.4 Å². The quantitative estimate of drug-likeness (QED) is 0.591. The molecular weight excluding hydrogens is 332 g/mol.